The van der Waals surface area contributed by atoms with Gasteiger partial charge in [-0.3, -0.25) is 0 Å². The molecule has 0 aliphatic carbocycles. The van der Waals surface area contributed by atoms with E-state index in [-0.39, 0.29) is 12.4 Å². The van der Waals surface area contributed by atoms with Gasteiger partial charge in [0.15, 0.2) is 12.4 Å². The number of carbonyl (C=O) groups excluding carboxylic acids is 1. The first-order valence-electron chi connectivity index (χ1n) is 8.79. The fourth-order valence-electron chi connectivity index (χ4n) is 2.70. The summed E-state index contributed by atoms with van der Waals surface area (Å²) in [7, 11) is 0. The first-order valence-corrected chi connectivity index (χ1v) is 9.61. The predicted octanol–water partition coefficient (Wildman–Crippen LogP) is 3.65. The summed E-state index contributed by atoms with van der Waals surface area (Å²) >= 11 is 1.20. The maximum atomic E-state index is 13.1. The Kier molecular flexibility index (Phi) is 5.39. The van der Waals surface area contributed by atoms with Gasteiger partial charge in [0.1, 0.15) is 15.7 Å². The molecule has 0 radical (unpaired) electrons. The van der Waals surface area contributed by atoms with Gasteiger partial charge in [-0.2, -0.15) is 0 Å². The van der Waals surface area contributed by atoms with Gasteiger partial charge in [-0.05, 0) is 47.2 Å². The molecule has 2 aromatic heterocycles. The van der Waals surface area contributed by atoms with Gasteiger partial charge in [-0.1, -0.05) is 30.3 Å². The van der Waals surface area contributed by atoms with Crippen LogP contribution in [0.5, 0.6) is 0 Å². The Bertz CT molecular complexity index is 1130. The molecule has 0 fully saturated rings. The van der Waals surface area contributed by atoms with Crippen molar-refractivity contribution in [1.29, 1.82) is 0 Å². The van der Waals surface area contributed by atoms with Crippen molar-refractivity contribution < 1.29 is 13.9 Å². The van der Waals surface area contributed by atoms with Crippen LogP contribution in [0.1, 0.15) is 26.8 Å². The van der Waals surface area contributed by atoms with Gasteiger partial charge in [-0.25, -0.2) is 18.9 Å². The Morgan fingerprint density at radius 2 is 1.90 bits per heavy atom. The number of benzene rings is 2. The number of carbonyl (C=O) groups is 1. The summed E-state index contributed by atoms with van der Waals surface area (Å²) in [4.78, 5) is 17.3. The van der Waals surface area contributed by atoms with E-state index in [0.29, 0.717) is 27.9 Å². The van der Waals surface area contributed by atoms with Crippen LogP contribution >= 0.6 is 11.3 Å². The highest BCUT2D eigenvalue weighted by Gasteiger charge is 2.19. The fourth-order valence-corrected chi connectivity index (χ4v) is 3.67. The van der Waals surface area contributed by atoms with Crippen molar-refractivity contribution >= 4 is 17.3 Å². The topological polar surface area (TPSA) is 82.8 Å². The minimum atomic E-state index is -0.498. The fraction of sp³-hybridized carbons (Fsp3) is 0.150. The van der Waals surface area contributed by atoms with E-state index in [1.54, 1.807) is 23.7 Å². The number of hydrogen-bond acceptors (Lipinski definition) is 7. The van der Waals surface area contributed by atoms with Crippen molar-refractivity contribution in [2.75, 3.05) is 0 Å². The normalized spacial score (nSPS) is 10.8. The highest BCUT2D eigenvalue weighted by atomic mass is 32.1. The molecule has 2 aromatic carbocycles. The molecule has 0 atom stereocenters. The van der Waals surface area contributed by atoms with Crippen LogP contribution in [0.3, 0.4) is 0 Å². The van der Waals surface area contributed by atoms with E-state index in [1.165, 1.54) is 23.5 Å². The second-order valence-electron chi connectivity index (χ2n) is 6.25. The van der Waals surface area contributed by atoms with Gasteiger partial charge in [-0.15, -0.1) is 16.4 Å². The third-order valence-electron chi connectivity index (χ3n) is 4.19. The van der Waals surface area contributed by atoms with Crippen molar-refractivity contribution in [1.82, 2.24) is 25.2 Å². The molecule has 0 saturated heterocycles. The molecule has 2 heterocycles. The number of esters is 1. The second-order valence-corrected chi connectivity index (χ2v) is 7.25. The van der Waals surface area contributed by atoms with Crippen LogP contribution in [0, 0.1) is 12.7 Å². The van der Waals surface area contributed by atoms with E-state index in [2.05, 4.69) is 20.5 Å². The lowest BCUT2D eigenvalue weighted by molar-refractivity contribution is 0.0462. The molecule has 4 rings (SSSR count). The molecule has 0 aliphatic heterocycles. The van der Waals surface area contributed by atoms with Crippen LogP contribution in [-0.2, 0) is 17.9 Å². The van der Waals surface area contributed by atoms with E-state index in [4.69, 9.17) is 4.74 Å². The summed E-state index contributed by atoms with van der Waals surface area (Å²) in [6.45, 7) is 2.16. The van der Waals surface area contributed by atoms with Gasteiger partial charge >= 0.3 is 5.97 Å². The second kappa shape index (κ2) is 8.27. The highest BCUT2D eigenvalue weighted by Crippen LogP contribution is 2.28. The van der Waals surface area contributed by atoms with Crippen molar-refractivity contribution in [3.63, 3.8) is 0 Å². The summed E-state index contributed by atoms with van der Waals surface area (Å²) in [6.07, 6.45) is 0. The predicted molar refractivity (Wildman–Crippen MR) is 105 cm³/mol. The summed E-state index contributed by atoms with van der Waals surface area (Å²) < 4.78 is 20.1. The molecule has 0 saturated carbocycles. The summed E-state index contributed by atoms with van der Waals surface area (Å²) in [6, 6.07) is 15.7. The molecule has 0 N–H and O–H groups in total. The molecule has 4 aromatic rings. The van der Waals surface area contributed by atoms with Crippen molar-refractivity contribution in [3.8, 4) is 10.6 Å². The lowest BCUT2D eigenvalue weighted by atomic mass is 10.2. The molecule has 0 bridgehead atoms. The van der Waals surface area contributed by atoms with Crippen LogP contribution < -0.4 is 0 Å². The van der Waals surface area contributed by atoms with Crippen LogP contribution in [-0.4, -0.2) is 31.2 Å². The van der Waals surface area contributed by atoms with Gasteiger partial charge in [0.2, 0.25) is 0 Å². The van der Waals surface area contributed by atoms with Crippen molar-refractivity contribution in [3.05, 3.63) is 82.4 Å². The first-order chi connectivity index (χ1) is 14.1. The lowest BCUT2D eigenvalue weighted by Gasteiger charge is -2.05. The van der Waals surface area contributed by atoms with E-state index in [9.17, 15) is 9.18 Å². The smallest absolute Gasteiger partial charge is 0.350 e. The first kappa shape index (κ1) is 18.9. The van der Waals surface area contributed by atoms with Crippen LogP contribution in [0.25, 0.3) is 10.6 Å². The molecule has 0 spiro atoms. The highest BCUT2D eigenvalue weighted by molar-refractivity contribution is 7.17. The molecule has 29 heavy (non-hydrogen) atoms. The molecule has 0 unspecified atom stereocenters. The Balaban J connectivity index is 1.44. The zero-order chi connectivity index (χ0) is 20.2. The molecule has 7 nitrogen and oxygen atoms in total. The number of nitrogens with zero attached hydrogens (tertiary/aromatic N) is 5. The minimum Gasteiger partial charge on any atom is -0.453 e. The van der Waals surface area contributed by atoms with Gasteiger partial charge < -0.3 is 4.74 Å². The van der Waals surface area contributed by atoms with Gasteiger partial charge in [0, 0.05) is 5.56 Å². The largest absolute Gasteiger partial charge is 0.453 e. The van der Waals surface area contributed by atoms with E-state index < -0.39 is 5.97 Å². The molecule has 9 heteroatoms. The molecular formula is C20H16FN5O2S. The zero-order valence-corrected chi connectivity index (χ0v) is 16.3. The summed E-state index contributed by atoms with van der Waals surface area (Å²) in [5, 5.41) is 12.2. The van der Waals surface area contributed by atoms with Crippen molar-refractivity contribution in [2.24, 2.45) is 0 Å². The average Bonchev–Trinajstić information content (AvgIpc) is 3.34. The Morgan fingerprint density at radius 1 is 1.14 bits per heavy atom. The van der Waals surface area contributed by atoms with Crippen molar-refractivity contribution in [2.45, 2.75) is 20.1 Å². The van der Waals surface area contributed by atoms with Crippen LogP contribution in [0.2, 0.25) is 0 Å². The van der Waals surface area contributed by atoms with E-state index >= 15 is 0 Å². The third kappa shape index (κ3) is 4.35. The SMILES string of the molecule is Cc1nc(-c2ccc(F)cc2)sc1C(=O)OCc1nnnn1Cc1ccccc1. The van der Waals surface area contributed by atoms with E-state index in [1.807, 2.05) is 30.3 Å². The lowest BCUT2D eigenvalue weighted by Crippen LogP contribution is -2.11. The van der Waals surface area contributed by atoms with Gasteiger partial charge in [0.05, 0.1) is 12.2 Å². The van der Waals surface area contributed by atoms with Crippen LogP contribution in [0.15, 0.2) is 54.6 Å². The number of halogens is 1. The number of rotatable bonds is 6. The summed E-state index contributed by atoms with van der Waals surface area (Å²) in [5.74, 6) is -0.374. The minimum absolute atomic E-state index is 0.0537. The zero-order valence-electron chi connectivity index (χ0n) is 15.4. The quantitative estimate of drug-likeness (QED) is 0.452. The van der Waals surface area contributed by atoms with Crippen LogP contribution in [0.4, 0.5) is 4.39 Å². The Labute approximate surface area is 169 Å². The van der Waals surface area contributed by atoms with E-state index in [0.717, 1.165) is 11.1 Å². The maximum Gasteiger partial charge on any atom is 0.350 e. The van der Waals surface area contributed by atoms with Gasteiger partial charge in [0.25, 0.3) is 0 Å². The number of hydrogen-bond donors (Lipinski definition) is 0. The maximum absolute atomic E-state index is 13.1. The molecule has 146 valence electrons. The number of thiazole rings is 1. The average molecular weight is 409 g/mol. The Hall–Kier alpha value is -3.46. The molecule has 0 amide bonds. The Morgan fingerprint density at radius 3 is 2.66 bits per heavy atom. The number of aromatic nitrogens is 5. The molecule has 0 aliphatic rings. The number of tetrazole rings is 1. The standard InChI is InChI=1S/C20H16FN5O2S/c1-13-18(29-19(22-13)15-7-9-16(21)10-8-15)20(27)28-12-17-23-24-25-26(17)11-14-5-3-2-4-6-14/h2-10H,11-12H2,1H3. The third-order valence-corrected chi connectivity index (χ3v) is 5.37. The number of aryl methyl sites for hydroxylation is 1. The number of ether oxygens (including phenoxy) is 1. The monoisotopic (exact) mass is 409 g/mol. The summed E-state index contributed by atoms with van der Waals surface area (Å²) in [5.41, 5.74) is 2.34. The molecular weight excluding hydrogens is 393 g/mol.